The monoisotopic (exact) mass is 369 g/mol. The molecule has 1 aliphatic heterocycles. The van der Waals surface area contributed by atoms with Gasteiger partial charge in [-0.15, -0.1) is 0 Å². The lowest BCUT2D eigenvalue weighted by molar-refractivity contribution is 0.0827. The highest BCUT2D eigenvalue weighted by atomic mass is 19.1. The third-order valence-electron chi connectivity index (χ3n) is 5.02. The molecule has 0 unspecified atom stereocenters. The first-order chi connectivity index (χ1) is 13.0. The van der Waals surface area contributed by atoms with Gasteiger partial charge in [0.15, 0.2) is 0 Å². The molecule has 144 valence electrons. The van der Waals surface area contributed by atoms with Crippen LogP contribution in [0.1, 0.15) is 27.9 Å². The smallest absolute Gasteiger partial charge is 0.253 e. The first kappa shape index (κ1) is 19.5. The number of carbonyl (C=O) groups excluding carboxylic acids is 1. The molecule has 1 aliphatic rings. The third-order valence-corrected chi connectivity index (χ3v) is 5.02. The Morgan fingerprint density at radius 3 is 2.37 bits per heavy atom. The summed E-state index contributed by atoms with van der Waals surface area (Å²) in [6.45, 7) is 5.35. The van der Waals surface area contributed by atoms with Crippen LogP contribution in [0.4, 0.5) is 4.39 Å². The Kier molecular flexibility index (Phi) is 6.58. The normalized spacial score (nSPS) is 16.1. The van der Waals surface area contributed by atoms with Crippen LogP contribution < -0.4 is 0 Å². The predicted molar refractivity (Wildman–Crippen MR) is 106 cm³/mol. The van der Waals surface area contributed by atoms with Crippen LogP contribution in [-0.2, 0) is 13.1 Å². The maximum atomic E-state index is 13.9. The maximum Gasteiger partial charge on any atom is 0.253 e. The molecule has 27 heavy (non-hydrogen) atoms. The van der Waals surface area contributed by atoms with Crippen molar-refractivity contribution in [1.29, 1.82) is 0 Å². The topological polar surface area (TPSA) is 26.8 Å². The summed E-state index contributed by atoms with van der Waals surface area (Å²) in [6, 6.07) is 14.9. The van der Waals surface area contributed by atoms with Gasteiger partial charge in [0.1, 0.15) is 5.82 Å². The summed E-state index contributed by atoms with van der Waals surface area (Å²) in [7, 11) is 3.54. The van der Waals surface area contributed by atoms with E-state index in [9.17, 15) is 9.18 Å². The second-order valence-corrected chi connectivity index (χ2v) is 7.40. The van der Waals surface area contributed by atoms with E-state index in [4.69, 9.17) is 0 Å². The van der Waals surface area contributed by atoms with Crippen LogP contribution in [-0.4, -0.2) is 60.9 Å². The number of benzene rings is 2. The molecule has 1 amide bonds. The van der Waals surface area contributed by atoms with E-state index in [2.05, 4.69) is 15.9 Å². The van der Waals surface area contributed by atoms with E-state index in [1.54, 1.807) is 25.1 Å². The van der Waals surface area contributed by atoms with Gasteiger partial charge in [0.2, 0.25) is 0 Å². The minimum absolute atomic E-state index is 0.0313. The summed E-state index contributed by atoms with van der Waals surface area (Å²) in [5.41, 5.74) is 2.65. The minimum atomic E-state index is -0.124. The number of hydrogen-bond acceptors (Lipinski definition) is 3. The van der Waals surface area contributed by atoms with Crippen LogP contribution in [0.3, 0.4) is 0 Å². The molecule has 0 N–H and O–H groups in total. The van der Waals surface area contributed by atoms with Gasteiger partial charge in [0.25, 0.3) is 5.91 Å². The number of rotatable bonds is 5. The van der Waals surface area contributed by atoms with Crippen molar-refractivity contribution in [2.24, 2.45) is 0 Å². The van der Waals surface area contributed by atoms with Gasteiger partial charge in [0, 0.05) is 51.4 Å². The molecule has 0 bridgehead atoms. The number of amides is 1. The van der Waals surface area contributed by atoms with Gasteiger partial charge in [-0.3, -0.25) is 14.6 Å². The quantitative estimate of drug-likeness (QED) is 0.810. The van der Waals surface area contributed by atoms with Gasteiger partial charge < -0.3 is 4.90 Å². The molecule has 3 rings (SSSR count). The zero-order chi connectivity index (χ0) is 19.2. The van der Waals surface area contributed by atoms with Crippen molar-refractivity contribution in [3.05, 3.63) is 71.0 Å². The molecule has 0 saturated carbocycles. The Morgan fingerprint density at radius 1 is 0.963 bits per heavy atom. The molecule has 1 saturated heterocycles. The molecule has 4 nitrogen and oxygen atoms in total. The minimum Gasteiger partial charge on any atom is -0.345 e. The Bertz CT molecular complexity index is 778. The van der Waals surface area contributed by atoms with E-state index in [1.165, 1.54) is 6.07 Å². The summed E-state index contributed by atoms with van der Waals surface area (Å²) in [5.74, 6) is -0.0928. The van der Waals surface area contributed by atoms with Crippen LogP contribution >= 0.6 is 0 Å². The Labute approximate surface area is 161 Å². The van der Waals surface area contributed by atoms with Crippen molar-refractivity contribution in [2.75, 3.05) is 40.3 Å². The van der Waals surface area contributed by atoms with Crippen molar-refractivity contribution in [1.82, 2.24) is 14.7 Å². The number of hydrogen-bond donors (Lipinski definition) is 0. The Balaban J connectivity index is 1.58. The SMILES string of the molecule is CN(C)C(=O)c1cccc(CN2CCCN(Cc3ccccc3F)CC2)c1. The molecule has 0 aliphatic carbocycles. The molecular weight excluding hydrogens is 341 g/mol. The van der Waals surface area contributed by atoms with Crippen molar-refractivity contribution in [3.8, 4) is 0 Å². The molecule has 0 atom stereocenters. The molecule has 5 heteroatoms. The molecule has 0 spiro atoms. The molecule has 0 aromatic heterocycles. The van der Waals surface area contributed by atoms with Crippen LogP contribution in [0.2, 0.25) is 0 Å². The van der Waals surface area contributed by atoms with Crippen molar-refractivity contribution < 1.29 is 9.18 Å². The van der Waals surface area contributed by atoms with E-state index in [0.717, 1.165) is 55.8 Å². The lowest BCUT2D eigenvalue weighted by Crippen LogP contribution is -2.30. The van der Waals surface area contributed by atoms with E-state index in [1.807, 2.05) is 30.3 Å². The Hall–Kier alpha value is -2.24. The van der Waals surface area contributed by atoms with Crippen molar-refractivity contribution in [3.63, 3.8) is 0 Å². The highest BCUT2D eigenvalue weighted by Crippen LogP contribution is 2.15. The fraction of sp³-hybridized carbons (Fsp3) is 0.409. The fourth-order valence-corrected chi connectivity index (χ4v) is 3.53. The van der Waals surface area contributed by atoms with Gasteiger partial charge in [0.05, 0.1) is 0 Å². The summed E-state index contributed by atoms with van der Waals surface area (Å²) in [6.07, 6.45) is 1.06. The molecule has 0 radical (unpaired) electrons. The molecule has 2 aromatic rings. The first-order valence-corrected chi connectivity index (χ1v) is 9.51. The van der Waals surface area contributed by atoms with E-state index >= 15 is 0 Å². The number of carbonyl (C=O) groups is 1. The summed E-state index contributed by atoms with van der Waals surface area (Å²) in [4.78, 5) is 18.5. The van der Waals surface area contributed by atoms with Crippen LogP contribution in [0.25, 0.3) is 0 Å². The predicted octanol–water partition coefficient (Wildman–Crippen LogP) is 3.24. The van der Waals surface area contributed by atoms with Crippen LogP contribution in [0.15, 0.2) is 48.5 Å². The number of nitrogens with zero attached hydrogens (tertiary/aromatic N) is 3. The standard InChI is InChI=1S/C22H28FN3O/c1-24(2)22(27)19-9-5-7-18(15-19)16-25-11-6-12-26(14-13-25)17-20-8-3-4-10-21(20)23/h3-5,7-10,15H,6,11-14,16-17H2,1-2H3. The van der Waals surface area contributed by atoms with Gasteiger partial charge in [-0.1, -0.05) is 30.3 Å². The zero-order valence-electron chi connectivity index (χ0n) is 16.2. The average molecular weight is 369 g/mol. The molecule has 2 aromatic carbocycles. The number of halogens is 1. The van der Waals surface area contributed by atoms with Crippen LogP contribution in [0.5, 0.6) is 0 Å². The largest absolute Gasteiger partial charge is 0.345 e. The van der Waals surface area contributed by atoms with Gasteiger partial charge in [-0.05, 0) is 43.3 Å². The summed E-state index contributed by atoms with van der Waals surface area (Å²) in [5, 5.41) is 0. The second-order valence-electron chi connectivity index (χ2n) is 7.40. The van der Waals surface area contributed by atoms with E-state index < -0.39 is 0 Å². The van der Waals surface area contributed by atoms with Gasteiger partial charge in [-0.2, -0.15) is 0 Å². The zero-order valence-corrected chi connectivity index (χ0v) is 16.2. The first-order valence-electron chi connectivity index (χ1n) is 9.51. The molecule has 1 fully saturated rings. The summed E-state index contributed by atoms with van der Waals surface area (Å²) >= 11 is 0. The van der Waals surface area contributed by atoms with Crippen LogP contribution in [0, 0.1) is 5.82 Å². The lowest BCUT2D eigenvalue weighted by atomic mass is 10.1. The molecule has 1 heterocycles. The maximum absolute atomic E-state index is 13.9. The highest BCUT2D eigenvalue weighted by molar-refractivity contribution is 5.94. The van der Waals surface area contributed by atoms with E-state index in [-0.39, 0.29) is 11.7 Å². The second kappa shape index (κ2) is 9.11. The van der Waals surface area contributed by atoms with Gasteiger partial charge >= 0.3 is 0 Å². The van der Waals surface area contributed by atoms with Crippen molar-refractivity contribution >= 4 is 5.91 Å². The van der Waals surface area contributed by atoms with E-state index in [0.29, 0.717) is 6.54 Å². The fourth-order valence-electron chi connectivity index (χ4n) is 3.53. The summed E-state index contributed by atoms with van der Waals surface area (Å²) < 4.78 is 13.9. The molecular formula is C22H28FN3O. The van der Waals surface area contributed by atoms with Gasteiger partial charge in [-0.25, -0.2) is 4.39 Å². The van der Waals surface area contributed by atoms with Crippen molar-refractivity contribution in [2.45, 2.75) is 19.5 Å². The lowest BCUT2D eigenvalue weighted by Gasteiger charge is -2.22. The Morgan fingerprint density at radius 2 is 1.67 bits per heavy atom. The average Bonchev–Trinajstić information content (AvgIpc) is 2.88. The third kappa shape index (κ3) is 5.37. The highest BCUT2D eigenvalue weighted by Gasteiger charge is 2.17.